The molecule has 1 amide bonds. The average Bonchev–Trinajstić information content (AvgIpc) is 2.88. The van der Waals surface area contributed by atoms with Crippen molar-refractivity contribution in [2.45, 2.75) is 6.54 Å². The van der Waals surface area contributed by atoms with Gasteiger partial charge in [-0.05, 0) is 47.3 Å². The van der Waals surface area contributed by atoms with Gasteiger partial charge in [0, 0.05) is 16.9 Å². The van der Waals surface area contributed by atoms with E-state index in [1.165, 1.54) is 23.5 Å². The number of thiophene rings is 1. The lowest BCUT2D eigenvalue weighted by molar-refractivity contribution is 0.0955. The van der Waals surface area contributed by atoms with E-state index in [0.29, 0.717) is 17.1 Å². The van der Waals surface area contributed by atoms with E-state index < -0.39 is 0 Å². The number of benzene rings is 2. The highest BCUT2D eigenvalue weighted by Crippen LogP contribution is 2.27. The number of carbonyl (C=O) groups is 1. The predicted octanol–water partition coefficient (Wildman–Crippen LogP) is 3.55. The zero-order valence-electron chi connectivity index (χ0n) is 11.1. The van der Waals surface area contributed by atoms with E-state index in [1.807, 2.05) is 24.3 Å². The van der Waals surface area contributed by atoms with Crippen LogP contribution in [-0.2, 0) is 6.54 Å². The van der Waals surface area contributed by atoms with E-state index in [4.69, 9.17) is 5.73 Å². The summed E-state index contributed by atoms with van der Waals surface area (Å²) in [6.07, 6.45) is 0. The molecule has 0 aliphatic heterocycles. The molecule has 5 heteroatoms. The number of nitrogens with one attached hydrogen (secondary N) is 1. The van der Waals surface area contributed by atoms with Gasteiger partial charge in [0.25, 0.3) is 5.91 Å². The fourth-order valence-corrected chi connectivity index (χ4v) is 3.05. The van der Waals surface area contributed by atoms with E-state index in [2.05, 4.69) is 5.32 Å². The first-order chi connectivity index (χ1) is 10.1. The summed E-state index contributed by atoms with van der Waals surface area (Å²) in [7, 11) is 0. The molecule has 0 aliphatic carbocycles. The van der Waals surface area contributed by atoms with Crippen LogP contribution in [0.15, 0.2) is 48.5 Å². The second kappa shape index (κ2) is 5.54. The van der Waals surface area contributed by atoms with E-state index in [1.54, 1.807) is 12.1 Å². The van der Waals surface area contributed by atoms with E-state index >= 15 is 0 Å². The van der Waals surface area contributed by atoms with Crippen LogP contribution in [0, 0.1) is 5.82 Å². The number of nitrogens with two attached hydrogens (primary N) is 1. The molecule has 3 aromatic rings. The number of carbonyl (C=O) groups excluding carboxylic acids is 1. The van der Waals surface area contributed by atoms with Gasteiger partial charge >= 0.3 is 0 Å². The van der Waals surface area contributed by atoms with Crippen molar-refractivity contribution < 1.29 is 9.18 Å². The summed E-state index contributed by atoms with van der Waals surface area (Å²) in [5, 5.41) is 3.75. The van der Waals surface area contributed by atoms with Crippen molar-refractivity contribution in [1.29, 1.82) is 0 Å². The molecule has 106 valence electrons. The summed E-state index contributed by atoms with van der Waals surface area (Å²) in [6.45, 7) is 0.299. The first-order valence-corrected chi connectivity index (χ1v) is 7.25. The van der Waals surface area contributed by atoms with Gasteiger partial charge in [0.2, 0.25) is 0 Å². The topological polar surface area (TPSA) is 55.1 Å². The maximum Gasteiger partial charge on any atom is 0.261 e. The Morgan fingerprint density at radius 1 is 1.19 bits per heavy atom. The smallest absolute Gasteiger partial charge is 0.261 e. The zero-order valence-corrected chi connectivity index (χ0v) is 11.9. The quantitative estimate of drug-likeness (QED) is 0.727. The van der Waals surface area contributed by atoms with Crippen molar-refractivity contribution in [3.8, 4) is 0 Å². The number of rotatable bonds is 3. The Morgan fingerprint density at radius 2 is 2.05 bits per heavy atom. The Bertz CT molecular complexity index is 813. The molecule has 0 saturated heterocycles. The van der Waals surface area contributed by atoms with Crippen molar-refractivity contribution in [2.24, 2.45) is 0 Å². The van der Waals surface area contributed by atoms with Gasteiger partial charge in [0.15, 0.2) is 0 Å². The summed E-state index contributed by atoms with van der Waals surface area (Å²) < 4.78 is 14.1. The normalized spacial score (nSPS) is 10.7. The maximum absolute atomic E-state index is 13.1. The molecule has 3 nitrogen and oxygen atoms in total. The van der Waals surface area contributed by atoms with Crippen molar-refractivity contribution in [3.63, 3.8) is 0 Å². The minimum atomic E-state index is -0.306. The van der Waals surface area contributed by atoms with Gasteiger partial charge in [-0.1, -0.05) is 12.1 Å². The molecule has 0 spiro atoms. The van der Waals surface area contributed by atoms with Crippen LogP contribution in [0.1, 0.15) is 15.2 Å². The number of fused-ring (bicyclic) bond motifs is 1. The molecular formula is C16H13FN2OS. The monoisotopic (exact) mass is 300 g/mol. The Kier molecular flexibility index (Phi) is 3.58. The third-order valence-corrected chi connectivity index (χ3v) is 4.22. The standard InChI is InChI=1S/C16H13FN2OS/c17-12-3-1-2-10(6-12)9-19-16(20)15-8-11-7-13(18)4-5-14(11)21-15/h1-8H,9,18H2,(H,19,20). The SMILES string of the molecule is Nc1ccc2sc(C(=O)NCc3cccc(F)c3)cc2c1. The summed E-state index contributed by atoms with van der Waals surface area (Å²) in [6, 6.07) is 13.6. The highest BCUT2D eigenvalue weighted by atomic mass is 32.1. The van der Waals surface area contributed by atoms with Crippen molar-refractivity contribution in [3.05, 3.63) is 64.8 Å². The molecule has 1 heterocycles. The van der Waals surface area contributed by atoms with Crippen molar-refractivity contribution in [2.75, 3.05) is 5.73 Å². The molecular weight excluding hydrogens is 287 g/mol. The van der Waals surface area contributed by atoms with Gasteiger partial charge in [0.1, 0.15) is 5.82 Å². The van der Waals surface area contributed by atoms with Gasteiger partial charge < -0.3 is 11.1 Å². The molecule has 0 aliphatic rings. The lowest BCUT2D eigenvalue weighted by Crippen LogP contribution is -2.21. The van der Waals surface area contributed by atoms with Gasteiger partial charge in [-0.25, -0.2) is 4.39 Å². The molecule has 0 fully saturated rings. The fourth-order valence-electron chi connectivity index (χ4n) is 2.09. The fraction of sp³-hybridized carbons (Fsp3) is 0.0625. The molecule has 3 N–H and O–H groups in total. The number of nitrogen functional groups attached to an aromatic ring is 1. The van der Waals surface area contributed by atoms with E-state index in [0.717, 1.165) is 15.6 Å². The molecule has 0 unspecified atom stereocenters. The molecule has 2 aromatic carbocycles. The molecule has 1 aromatic heterocycles. The van der Waals surface area contributed by atoms with Gasteiger partial charge in [-0.3, -0.25) is 4.79 Å². The molecule has 21 heavy (non-hydrogen) atoms. The number of hydrogen-bond donors (Lipinski definition) is 2. The second-order valence-electron chi connectivity index (χ2n) is 4.72. The molecule has 0 atom stereocenters. The van der Waals surface area contributed by atoms with Crippen LogP contribution in [0.4, 0.5) is 10.1 Å². The van der Waals surface area contributed by atoms with Crippen LogP contribution in [0.5, 0.6) is 0 Å². The Morgan fingerprint density at radius 3 is 2.86 bits per heavy atom. The van der Waals surface area contributed by atoms with Crippen LogP contribution in [0.2, 0.25) is 0 Å². The highest BCUT2D eigenvalue weighted by molar-refractivity contribution is 7.20. The number of halogens is 1. The molecule has 3 rings (SSSR count). The number of anilines is 1. The third kappa shape index (κ3) is 3.03. The van der Waals surface area contributed by atoms with Crippen LogP contribution in [0.3, 0.4) is 0 Å². The van der Waals surface area contributed by atoms with Crippen LogP contribution in [-0.4, -0.2) is 5.91 Å². The van der Waals surface area contributed by atoms with Gasteiger partial charge in [-0.15, -0.1) is 11.3 Å². The van der Waals surface area contributed by atoms with Gasteiger partial charge in [0.05, 0.1) is 4.88 Å². The van der Waals surface area contributed by atoms with Crippen molar-refractivity contribution in [1.82, 2.24) is 5.32 Å². The first kappa shape index (κ1) is 13.6. The Labute approximate surface area is 125 Å². The lowest BCUT2D eigenvalue weighted by Gasteiger charge is -2.03. The van der Waals surface area contributed by atoms with Gasteiger partial charge in [-0.2, -0.15) is 0 Å². The van der Waals surface area contributed by atoms with E-state index in [-0.39, 0.29) is 11.7 Å². The van der Waals surface area contributed by atoms with Crippen LogP contribution < -0.4 is 11.1 Å². The van der Waals surface area contributed by atoms with Crippen LogP contribution in [0.25, 0.3) is 10.1 Å². The molecule has 0 bridgehead atoms. The first-order valence-electron chi connectivity index (χ1n) is 6.43. The summed E-state index contributed by atoms with van der Waals surface area (Å²) in [5.41, 5.74) is 7.13. The van der Waals surface area contributed by atoms with Crippen molar-refractivity contribution >= 4 is 33.0 Å². The number of hydrogen-bond acceptors (Lipinski definition) is 3. The summed E-state index contributed by atoms with van der Waals surface area (Å²) >= 11 is 1.41. The minimum absolute atomic E-state index is 0.168. The van der Waals surface area contributed by atoms with Crippen LogP contribution >= 0.6 is 11.3 Å². The number of amides is 1. The second-order valence-corrected chi connectivity index (χ2v) is 5.80. The summed E-state index contributed by atoms with van der Waals surface area (Å²) in [4.78, 5) is 12.7. The Balaban J connectivity index is 1.74. The largest absolute Gasteiger partial charge is 0.399 e. The molecule has 0 radical (unpaired) electrons. The molecule has 0 saturated carbocycles. The lowest BCUT2D eigenvalue weighted by atomic mass is 10.2. The Hall–Kier alpha value is -2.40. The maximum atomic E-state index is 13.1. The highest BCUT2D eigenvalue weighted by Gasteiger charge is 2.10. The third-order valence-electron chi connectivity index (χ3n) is 3.11. The minimum Gasteiger partial charge on any atom is -0.399 e. The predicted molar refractivity (Wildman–Crippen MR) is 83.8 cm³/mol. The average molecular weight is 300 g/mol. The van der Waals surface area contributed by atoms with E-state index in [9.17, 15) is 9.18 Å². The zero-order chi connectivity index (χ0) is 14.8. The summed E-state index contributed by atoms with van der Waals surface area (Å²) in [5.74, 6) is -0.474.